The summed E-state index contributed by atoms with van der Waals surface area (Å²) in [5.74, 6) is -1.72. The molecule has 28 heavy (non-hydrogen) atoms. The number of hydroxylamine groups is 2. The summed E-state index contributed by atoms with van der Waals surface area (Å²) in [6, 6.07) is 6.05. The highest BCUT2D eigenvalue weighted by atomic mass is 16.7. The summed E-state index contributed by atoms with van der Waals surface area (Å²) in [6.45, 7) is 5.86. The van der Waals surface area contributed by atoms with Crippen molar-refractivity contribution in [2.75, 3.05) is 26.3 Å². The summed E-state index contributed by atoms with van der Waals surface area (Å²) in [6.07, 6.45) is 0.765. The number of morpholine rings is 1. The first kappa shape index (κ1) is 21.8. The number of ether oxygens (including phenoxy) is 1. The fraction of sp³-hybridized carbons (Fsp3) is 0.550. The predicted molar refractivity (Wildman–Crippen MR) is 102 cm³/mol. The molecule has 0 saturated carbocycles. The van der Waals surface area contributed by atoms with Gasteiger partial charge in [-0.3, -0.25) is 4.79 Å². The van der Waals surface area contributed by atoms with Crippen LogP contribution in [0.4, 0.5) is 0 Å². The number of nitrogens with one attached hydrogen (secondary N) is 1. The number of rotatable bonds is 9. The van der Waals surface area contributed by atoms with E-state index in [0.29, 0.717) is 50.3 Å². The van der Waals surface area contributed by atoms with Gasteiger partial charge in [0.1, 0.15) is 6.04 Å². The SMILES string of the molecule is CC(C)CC(NC(=O)CCc1ccccc1C(=O)ON1CCOCC1)C(=O)O. The number of aryl methyl sites for hydroxylation is 1. The van der Waals surface area contributed by atoms with Gasteiger partial charge in [-0.05, 0) is 30.4 Å². The molecule has 1 aliphatic heterocycles. The lowest BCUT2D eigenvalue weighted by Gasteiger charge is -2.25. The summed E-state index contributed by atoms with van der Waals surface area (Å²) in [5.41, 5.74) is 1.09. The van der Waals surface area contributed by atoms with Crippen LogP contribution in [-0.4, -0.2) is 60.4 Å². The number of hydrogen-bond acceptors (Lipinski definition) is 6. The topological polar surface area (TPSA) is 105 Å². The van der Waals surface area contributed by atoms with Crippen molar-refractivity contribution < 1.29 is 29.1 Å². The number of hydrogen-bond donors (Lipinski definition) is 2. The molecule has 0 aromatic heterocycles. The molecule has 1 aromatic carbocycles. The van der Waals surface area contributed by atoms with Gasteiger partial charge in [-0.1, -0.05) is 32.0 Å². The van der Waals surface area contributed by atoms with Crippen molar-refractivity contribution in [3.63, 3.8) is 0 Å². The molecule has 1 aromatic rings. The van der Waals surface area contributed by atoms with Crippen LogP contribution in [0.25, 0.3) is 0 Å². The summed E-state index contributed by atoms with van der Waals surface area (Å²) < 4.78 is 5.23. The van der Waals surface area contributed by atoms with E-state index in [0.717, 1.165) is 0 Å². The largest absolute Gasteiger partial charge is 0.480 e. The quantitative estimate of drug-likeness (QED) is 0.658. The van der Waals surface area contributed by atoms with Gasteiger partial charge < -0.3 is 20.0 Å². The number of carboxylic acids is 1. The van der Waals surface area contributed by atoms with E-state index in [2.05, 4.69) is 5.32 Å². The lowest BCUT2D eigenvalue weighted by atomic mass is 10.0. The molecule has 1 aliphatic rings. The molecule has 154 valence electrons. The first-order chi connectivity index (χ1) is 13.4. The van der Waals surface area contributed by atoms with Crippen LogP contribution in [0, 0.1) is 5.92 Å². The van der Waals surface area contributed by atoms with Gasteiger partial charge >= 0.3 is 11.9 Å². The molecular weight excluding hydrogens is 364 g/mol. The second-order valence-corrected chi connectivity index (χ2v) is 7.17. The van der Waals surface area contributed by atoms with E-state index in [1.807, 2.05) is 13.8 Å². The van der Waals surface area contributed by atoms with Gasteiger partial charge in [-0.25, -0.2) is 9.59 Å². The Hall–Kier alpha value is -2.45. The van der Waals surface area contributed by atoms with Crippen LogP contribution in [0.3, 0.4) is 0 Å². The van der Waals surface area contributed by atoms with Crippen LogP contribution in [0.2, 0.25) is 0 Å². The summed E-state index contributed by atoms with van der Waals surface area (Å²) in [4.78, 5) is 41.4. The van der Waals surface area contributed by atoms with E-state index in [1.165, 1.54) is 0 Å². The maximum Gasteiger partial charge on any atom is 0.357 e. The summed E-state index contributed by atoms with van der Waals surface area (Å²) in [7, 11) is 0. The van der Waals surface area contributed by atoms with E-state index < -0.39 is 18.0 Å². The van der Waals surface area contributed by atoms with Gasteiger partial charge in [0, 0.05) is 6.42 Å². The molecule has 1 saturated heterocycles. The third kappa shape index (κ3) is 6.94. The Morgan fingerprint density at radius 2 is 1.89 bits per heavy atom. The smallest absolute Gasteiger partial charge is 0.357 e. The molecule has 1 unspecified atom stereocenters. The van der Waals surface area contributed by atoms with Gasteiger partial charge in [0.05, 0.1) is 31.9 Å². The summed E-state index contributed by atoms with van der Waals surface area (Å²) >= 11 is 0. The molecule has 0 aliphatic carbocycles. The highest BCUT2D eigenvalue weighted by molar-refractivity contribution is 5.91. The molecule has 1 fully saturated rings. The fourth-order valence-corrected chi connectivity index (χ4v) is 2.95. The van der Waals surface area contributed by atoms with Gasteiger partial charge in [0.25, 0.3) is 0 Å². The lowest BCUT2D eigenvalue weighted by Crippen LogP contribution is -2.41. The first-order valence-electron chi connectivity index (χ1n) is 9.52. The van der Waals surface area contributed by atoms with E-state index in [9.17, 15) is 19.5 Å². The Morgan fingerprint density at radius 1 is 1.21 bits per heavy atom. The normalized spacial score (nSPS) is 15.8. The molecule has 0 spiro atoms. The first-order valence-corrected chi connectivity index (χ1v) is 9.52. The van der Waals surface area contributed by atoms with Crippen molar-refractivity contribution in [2.45, 2.75) is 39.2 Å². The Bertz CT molecular complexity index is 685. The van der Waals surface area contributed by atoms with Crippen molar-refractivity contribution in [1.82, 2.24) is 10.4 Å². The Labute approximate surface area is 164 Å². The zero-order chi connectivity index (χ0) is 20.5. The van der Waals surface area contributed by atoms with Gasteiger partial charge in [-0.15, -0.1) is 5.06 Å². The van der Waals surface area contributed by atoms with Crippen LogP contribution in [0.1, 0.15) is 42.6 Å². The van der Waals surface area contributed by atoms with Gasteiger partial charge in [-0.2, -0.15) is 0 Å². The van der Waals surface area contributed by atoms with Crippen molar-refractivity contribution in [3.8, 4) is 0 Å². The van der Waals surface area contributed by atoms with Gasteiger partial charge in [0.15, 0.2) is 0 Å². The molecular formula is C20H28N2O6. The standard InChI is InChI=1S/C20H28N2O6/c1-14(2)13-17(19(24)25)21-18(23)8-7-15-5-3-4-6-16(15)20(26)28-22-9-11-27-12-10-22/h3-6,14,17H,7-13H2,1-2H3,(H,21,23)(H,24,25). The molecule has 8 heteroatoms. The van der Waals surface area contributed by atoms with Crippen LogP contribution < -0.4 is 5.32 Å². The summed E-state index contributed by atoms with van der Waals surface area (Å²) in [5, 5.41) is 13.4. The zero-order valence-electron chi connectivity index (χ0n) is 16.3. The molecule has 2 rings (SSSR count). The van der Waals surface area contributed by atoms with E-state index in [4.69, 9.17) is 9.57 Å². The average Bonchev–Trinajstić information content (AvgIpc) is 2.66. The fourth-order valence-electron chi connectivity index (χ4n) is 2.95. The number of amides is 1. The molecule has 1 atom stereocenters. The molecule has 8 nitrogen and oxygen atoms in total. The van der Waals surface area contributed by atoms with Crippen LogP contribution in [-0.2, 0) is 25.6 Å². The van der Waals surface area contributed by atoms with Crippen LogP contribution >= 0.6 is 0 Å². The van der Waals surface area contributed by atoms with Crippen molar-refractivity contribution in [1.29, 1.82) is 0 Å². The minimum Gasteiger partial charge on any atom is -0.480 e. The third-order valence-electron chi connectivity index (χ3n) is 4.38. The minimum atomic E-state index is -1.04. The Balaban J connectivity index is 1.93. The van der Waals surface area contributed by atoms with Crippen molar-refractivity contribution in [2.24, 2.45) is 5.92 Å². The lowest BCUT2D eigenvalue weighted by molar-refractivity contribution is -0.150. The third-order valence-corrected chi connectivity index (χ3v) is 4.38. The van der Waals surface area contributed by atoms with Crippen LogP contribution in [0.15, 0.2) is 24.3 Å². The number of benzene rings is 1. The minimum absolute atomic E-state index is 0.0870. The molecule has 0 bridgehead atoms. The Morgan fingerprint density at radius 3 is 2.54 bits per heavy atom. The van der Waals surface area contributed by atoms with E-state index >= 15 is 0 Å². The number of aliphatic carboxylic acids is 1. The van der Waals surface area contributed by atoms with Gasteiger partial charge in [0.2, 0.25) is 5.91 Å². The predicted octanol–water partition coefficient (Wildman–Crippen LogP) is 1.64. The number of nitrogens with zero attached hydrogens (tertiary/aromatic N) is 1. The molecule has 0 radical (unpaired) electrons. The second-order valence-electron chi connectivity index (χ2n) is 7.17. The highest BCUT2D eigenvalue weighted by Gasteiger charge is 2.22. The number of carboxylic acid groups (broad SMARTS) is 1. The maximum atomic E-state index is 12.5. The van der Waals surface area contributed by atoms with Crippen molar-refractivity contribution in [3.05, 3.63) is 35.4 Å². The number of carbonyl (C=O) groups is 3. The van der Waals surface area contributed by atoms with Crippen molar-refractivity contribution >= 4 is 17.8 Å². The molecule has 1 amide bonds. The zero-order valence-corrected chi connectivity index (χ0v) is 16.3. The second kappa shape index (κ2) is 10.8. The molecule has 2 N–H and O–H groups in total. The average molecular weight is 392 g/mol. The highest BCUT2D eigenvalue weighted by Crippen LogP contribution is 2.14. The Kier molecular flexibility index (Phi) is 8.41. The van der Waals surface area contributed by atoms with E-state index in [-0.39, 0.29) is 18.2 Å². The molecule has 1 heterocycles. The number of carbonyl (C=O) groups excluding carboxylic acids is 2. The van der Waals surface area contributed by atoms with Crippen LogP contribution in [0.5, 0.6) is 0 Å². The van der Waals surface area contributed by atoms with E-state index in [1.54, 1.807) is 29.3 Å². The maximum absolute atomic E-state index is 12.5. The monoisotopic (exact) mass is 392 g/mol.